The molecule has 10 heteroatoms. The molecule has 0 aliphatic rings. The van der Waals surface area contributed by atoms with Gasteiger partial charge in [-0.2, -0.15) is 0 Å². The Kier molecular flexibility index (Phi) is 11.2. The third-order valence-electron chi connectivity index (χ3n) is 5.10. The zero-order valence-electron chi connectivity index (χ0n) is 21.8. The van der Waals surface area contributed by atoms with Crippen LogP contribution in [0, 0.1) is 13.8 Å². The van der Waals surface area contributed by atoms with E-state index in [-0.39, 0.29) is 25.4 Å². The van der Waals surface area contributed by atoms with Gasteiger partial charge in [-0.25, -0.2) is 4.79 Å². The van der Waals surface area contributed by atoms with Gasteiger partial charge in [-0.3, -0.25) is 14.4 Å². The fourth-order valence-electron chi connectivity index (χ4n) is 3.72. The second-order valence-corrected chi connectivity index (χ2v) is 9.83. The van der Waals surface area contributed by atoms with Crippen molar-refractivity contribution in [2.24, 2.45) is 5.73 Å². The number of aryl methyl sites for hydroxylation is 2. The van der Waals surface area contributed by atoms with Gasteiger partial charge in [-0.1, -0.05) is 18.2 Å². The fraction of sp³-hybridized carbons (Fsp3) is 0.600. The molecule has 0 aliphatic carbocycles. The number of carbonyl (C=O) groups excluding carboxylic acids is 4. The van der Waals surface area contributed by atoms with Gasteiger partial charge >= 0.3 is 6.09 Å². The normalized spacial score (nSPS) is 13.1. The van der Waals surface area contributed by atoms with Crippen LogP contribution in [0.3, 0.4) is 0 Å². The Bertz CT molecular complexity index is 889. The summed E-state index contributed by atoms with van der Waals surface area (Å²) in [5.74, 6) is -1.71. The maximum Gasteiger partial charge on any atom is 0.408 e. The fourth-order valence-corrected chi connectivity index (χ4v) is 3.72. The third kappa shape index (κ3) is 9.56. The maximum atomic E-state index is 13.8. The lowest BCUT2D eigenvalue weighted by atomic mass is 9.93. The van der Waals surface area contributed by atoms with E-state index in [4.69, 9.17) is 10.5 Å². The molecule has 10 nitrogen and oxygen atoms in total. The molecule has 2 atom stereocenters. The lowest BCUT2D eigenvalue weighted by Crippen LogP contribution is -2.54. The highest BCUT2D eigenvalue weighted by Crippen LogP contribution is 2.29. The molecule has 0 aromatic heterocycles. The minimum absolute atomic E-state index is 0.0966. The Hall–Kier alpha value is -3.14. The predicted molar refractivity (Wildman–Crippen MR) is 132 cm³/mol. The third-order valence-corrected chi connectivity index (χ3v) is 5.10. The van der Waals surface area contributed by atoms with Crippen LogP contribution in [0.15, 0.2) is 18.2 Å². The van der Waals surface area contributed by atoms with Crippen LogP contribution in [0.4, 0.5) is 4.79 Å². The SMILES string of the molecule is Cc1cccc(C)c1C(C(=O)NC(C)C)N(CCO)C(=O)C(CCC(N)=O)NC(=O)OC(C)(C)C. The molecule has 4 amide bonds. The number of alkyl carbamates (subject to hydrolysis) is 1. The predicted octanol–water partition coefficient (Wildman–Crippen LogP) is 1.85. The van der Waals surface area contributed by atoms with Crippen LogP contribution < -0.4 is 16.4 Å². The molecule has 1 rings (SSSR count). The molecule has 1 aromatic carbocycles. The number of aliphatic hydroxyl groups is 1. The van der Waals surface area contributed by atoms with Crippen LogP contribution >= 0.6 is 0 Å². The molecule has 0 aliphatic heterocycles. The summed E-state index contributed by atoms with van der Waals surface area (Å²) in [6, 6.07) is 3.04. The molecule has 196 valence electrons. The summed E-state index contributed by atoms with van der Waals surface area (Å²) in [6.07, 6.45) is -1.12. The average Bonchev–Trinajstić information content (AvgIpc) is 2.70. The van der Waals surface area contributed by atoms with Gasteiger partial charge in [0.2, 0.25) is 17.7 Å². The van der Waals surface area contributed by atoms with E-state index >= 15 is 0 Å². The summed E-state index contributed by atoms with van der Waals surface area (Å²) in [5.41, 5.74) is 6.68. The van der Waals surface area contributed by atoms with Crippen molar-refractivity contribution in [3.05, 3.63) is 34.9 Å². The monoisotopic (exact) mass is 492 g/mol. The van der Waals surface area contributed by atoms with Crippen molar-refractivity contribution in [1.82, 2.24) is 15.5 Å². The number of ether oxygens (including phenoxy) is 1. The highest BCUT2D eigenvalue weighted by molar-refractivity contribution is 5.93. The highest BCUT2D eigenvalue weighted by Gasteiger charge is 2.37. The molecule has 1 aromatic rings. The second-order valence-electron chi connectivity index (χ2n) is 9.83. The van der Waals surface area contributed by atoms with Gasteiger partial charge in [-0.05, 0) is 71.6 Å². The number of benzene rings is 1. The molecule has 0 spiro atoms. The number of hydrogen-bond acceptors (Lipinski definition) is 6. The van der Waals surface area contributed by atoms with E-state index in [0.717, 1.165) is 11.1 Å². The zero-order chi connectivity index (χ0) is 26.9. The minimum Gasteiger partial charge on any atom is -0.444 e. The first-order chi connectivity index (χ1) is 16.2. The molecule has 0 saturated carbocycles. The molecule has 5 N–H and O–H groups in total. The molecular weight excluding hydrogens is 452 g/mol. The van der Waals surface area contributed by atoms with E-state index in [1.807, 2.05) is 32.0 Å². The molecule has 0 bridgehead atoms. The number of amides is 4. The molecule has 2 unspecified atom stereocenters. The number of nitrogens with two attached hydrogens (primary N) is 1. The first-order valence-corrected chi connectivity index (χ1v) is 11.7. The van der Waals surface area contributed by atoms with E-state index in [1.165, 1.54) is 4.90 Å². The molecular formula is C25H40N4O6. The summed E-state index contributed by atoms with van der Waals surface area (Å²) < 4.78 is 5.28. The van der Waals surface area contributed by atoms with E-state index in [0.29, 0.717) is 5.56 Å². The number of primary amides is 1. The van der Waals surface area contributed by atoms with E-state index < -0.39 is 48.1 Å². The highest BCUT2D eigenvalue weighted by atomic mass is 16.6. The summed E-state index contributed by atoms with van der Waals surface area (Å²) in [4.78, 5) is 52.4. The standard InChI is InChI=1S/C25H40N4O6/c1-15(2)27-22(32)21(20-16(3)9-8-10-17(20)4)29(13-14-30)23(33)18(11-12-19(26)31)28-24(34)35-25(5,6)7/h8-10,15,18,21,30H,11-14H2,1-7H3,(H2,26,31)(H,27,32)(H,28,34). The molecule has 0 fully saturated rings. The number of aliphatic hydroxyl groups excluding tert-OH is 1. The van der Waals surface area contributed by atoms with Crippen LogP contribution in [0.2, 0.25) is 0 Å². The van der Waals surface area contributed by atoms with Crippen LogP contribution in [0.1, 0.15) is 70.2 Å². The van der Waals surface area contributed by atoms with Crippen molar-refractivity contribution in [2.45, 2.75) is 85.0 Å². The first kappa shape index (κ1) is 29.9. The number of carbonyl (C=O) groups is 4. The Morgan fingerprint density at radius 2 is 1.66 bits per heavy atom. The lowest BCUT2D eigenvalue weighted by Gasteiger charge is -2.35. The summed E-state index contributed by atoms with van der Waals surface area (Å²) >= 11 is 0. The van der Waals surface area contributed by atoms with Crippen molar-refractivity contribution < 1.29 is 29.0 Å². The van der Waals surface area contributed by atoms with Crippen molar-refractivity contribution >= 4 is 23.8 Å². The molecule has 35 heavy (non-hydrogen) atoms. The Morgan fingerprint density at radius 1 is 1.09 bits per heavy atom. The smallest absolute Gasteiger partial charge is 0.408 e. The van der Waals surface area contributed by atoms with Crippen molar-refractivity contribution in [3.8, 4) is 0 Å². The van der Waals surface area contributed by atoms with Gasteiger partial charge in [0.15, 0.2) is 0 Å². The van der Waals surface area contributed by atoms with Crippen molar-refractivity contribution in [1.29, 1.82) is 0 Å². The van der Waals surface area contributed by atoms with E-state index in [1.54, 1.807) is 34.6 Å². The maximum absolute atomic E-state index is 13.8. The van der Waals surface area contributed by atoms with E-state index in [9.17, 15) is 24.3 Å². The van der Waals surface area contributed by atoms with Gasteiger partial charge in [-0.15, -0.1) is 0 Å². The van der Waals surface area contributed by atoms with Crippen LogP contribution in [-0.2, 0) is 19.1 Å². The first-order valence-electron chi connectivity index (χ1n) is 11.7. The quantitative estimate of drug-likeness (QED) is 0.370. The number of hydrogen-bond donors (Lipinski definition) is 4. The Balaban J connectivity index is 3.52. The van der Waals surface area contributed by atoms with Crippen LogP contribution in [0.5, 0.6) is 0 Å². The van der Waals surface area contributed by atoms with Crippen LogP contribution in [-0.4, -0.2) is 64.7 Å². The topological polar surface area (TPSA) is 151 Å². The Morgan fingerprint density at radius 3 is 2.11 bits per heavy atom. The largest absolute Gasteiger partial charge is 0.444 e. The zero-order valence-corrected chi connectivity index (χ0v) is 21.8. The summed E-state index contributed by atoms with van der Waals surface area (Å²) in [7, 11) is 0. The Labute approximate surface area is 207 Å². The minimum atomic E-state index is -1.21. The van der Waals surface area contributed by atoms with Gasteiger partial charge in [0.05, 0.1) is 6.61 Å². The van der Waals surface area contributed by atoms with Gasteiger partial charge in [0, 0.05) is 19.0 Å². The molecule has 0 radical (unpaired) electrons. The van der Waals surface area contributed by atoms with E-state index in [2.05, 4.69) is 10.6 Å². The molecule has 0 heterocycles. The van der Waals surface area contributed by atoms with Crippen molar-refractivity contribution in [3.63, 3.8) is 0 Å². The van der Waals surface area contributed by atoms with Gasteiger partial charge in [0.1, 0.15) is 17.7 Å². The van der Waals surface area contributed by atoms with Gasteiger partial charge in [0.25, 0.3) is 0 Å². The average molecular weight is 493 g/mol. The number of rotatable bonds is 11. The molecule has 0 saturated heterocycles. The number of nitrogens with one attached hydrogen (secondary N) is 2. The summed E-state index contributed by atoms with van der Waals surface area (Å²) in [6.45, 7) is 11.7. The summed E-state index contributed by atoms with van der Waals surface area (Å²) in [5, 5.41) is 15.2. The number of nitrogens with zero attached hydrogens (tertiary/aromatic N) is 1. The van der Waals surface area contributed by atoms with Gasteiger partial charge < -0.3 is 31.1 Å². The van der Waals surface area contributed by atoms with Crippen LogP contribution in [0.25, 0.3) is 0 Å². The second kappa shape index (κ2) is 13.1. The van der Waals surface area contributed by atoms with Crippen molar-refractivity contribution in [2.75, 3.05) is 13.2 Å². The lowest BCUT2D eigenvalue weighted by molar-refractivity contribution is -0.143.